The van der Waals surface area contributed by atoms with E-state index in [1.807, 2.05) is 31.2 Å². The van der Waals surface area contributed by atoms with Crippen LogP contribution in [0.5, 0.6) is 0 Å². The topological polar surface area (TPSA) is 76.4 Å². The van der Waals surface area contributed by atoms with Gasteiger partial charge in [0.15, 0.2) is 15.6 Å². The third-order valence-corrected chi connectivity index (χ3v) is 5.95. The number of amides is 1. The molecule has 1 heterocycles. The number of carbonyl (C=O) groups excluding carboxylic acids is 1. The van der Waals surface area contributed by atoms with Gasteiger partial charge in [-0.25, -0.2) is 8.42 Å². The summed E-state index contributed by atoms with van der Waals surface area (Å²) in [5.74, 6) is -1.33. The van der Waals surface area contributed by atoms with Crippen LogP contribution in [0, 0.1) is 6.92 Å². The molecule has 0 atom stereocenters. The average molecular weight is 437 g/mol. The van der Waals surface area contributed by atoms with Crippen LogP contribution in [0.2, 0.25) is 0 Å². The van der Waals surface area contributed by atoms with Crippen molar-refractivity contribution in [2.24, 2.45) is 0 Å². The first kappa shape index (κ1) is 21.6. The molecule has 0 fully saturated rings. The molecule has 0 aliphatic carbocycles. The highest BCUT2D eigenvalue weighted by Gasteiger charge is 2.32. The third-order valence-electron chi connectivity index (χ3n) is 4.31. The molecule has 0 bridgehead atoms. The number of rotatable bonds is 6. The molecular weight excluding hydrogens is 419 g/mol. The van der Waals surface area contributed by atoms with E-state index in [-0.39, 0.29) is 18.1 Å². The Morgan fingerprint density at radius 1 is 1.03 bits per heavy atom. The number of furan rings is 1. The Kier molecular flexibility index (Phi) is 6.02. The van der Waals surface area contributed by atoms with Crippen LogP contribution in [0.15, 0.2) is 70.0 Å². The van der Waals surface area contributed by atoms with Crippen LogP contribution in [0.25, 0.3) is 0 Å². The summed E-state index contributed by atoms with van der Waals surface area (Å²) < 4.78 is 68.7. The van der Waals surface area contributed by atoms with E-state index < -0.39 is 38.1 Å². The monoisotopic (exact) mass is 437 g/mol. The van der Waals surface area contributed by atoms with Gasteiger partial charge in [0.25, 0.3) is 5.91 Å². The second-order valence-electron chi connectivity index (χ2n) is 6.72. The lowest BCUT2D eigenvalue weighted by atomic mass is 10.1. The SMILES string of the molecule is Cc1ccc(CNC(=O)c2ccc(CS(=O)(=O)c3cccc(C(F)(F)F)c3)o2)cc1. The van der Waals surface area contributed by atoms with E-state index in [0.29, 0.717) is 6.07 Å². The molecule has 1 aromatic heterocycles. The largest absolute Gasteiger partial charge is 0.455 e. The van der Waals surface area contributed by atoms with Gasteiger partial charge in [-0.1, -0.05) is 35.9 Å². The van der Waals surface area contributed by atoms with Crippen molar-refractivity contribution in [3.05, 3.63) is 88.9 Å². The van der Waals surface area contributed by atoms with Crippen molar-refractivity contribution in [1.29, 1.82) is 0 Å². The number of sulfone groups is 1. The maximum Gasteiger partial charge on any atom is 0.416 e. The molecule has 3 aromatic rings. The summed E-state index contributed by atoms with van der Waals surface area (Å²) in [6, 6.07) is 13.7. The second-order valence-corrected chi connectivity index (χ2v) is 8.71. The Bertz CT molecular complexity index is 1150. The number of carbonyl (C=O) groups is 1. The van der Waals surface area contributed by atoms with Gasteiger partial charge in [-0.15, -0.1) is 0 Å². The number of halogens is 3. The minimum absolute atomic E-state index is 0.0482. The molecule has 0 saturated heterocycles. The second kappa shape index (κ2) is 8.35. The smallest absolute Gasteiger partial charge is 0.416 e. The molecule has 0 spiro atoms. The van der Waals surface area contributed by atoms with Gasteiger partial charge in [0.05, 0.1) is 10.5 Å². The lowest BCUT2D eigenvalue weighted by Crippen LogP contribution is -2.22. The van der Waals surface area contributed by atoms with Crippen molar-refractivity contribution in [3.8, 4) is 0 Å². The van der Waals surface area contributed by atoms with Crippen LogP contribution in [0.3, 0.4) is 0 Å². The van der Waals surface area contributed by atoms with E-state index in [0.717, 1.165) is 29.3 Å². The summed E-state index contributed by atoms with van der Waals surface area (Å²) in [5, 5.41) is 2.66. The number of aryl methyl sites for hydroxylation is 1. The predicted octanol–water partition coefficient (Wildman–Crippen LogP) is 4.51. The van der Waals surface area contributed by atoms with Crippen LogP contribution in [0.4, 0.5) is 13.2 Å². The van der Waals surface area contributed by atoms with Crippen LogP contribution in [0.1, 0.15) is 33.0 Å². The van der Waals surface area contributed by atoms with Gasteiger partial charge in [0.2, 0.25) is 0 Å². The summed E-state index contributed by atoms with van der Waals surface area (Å²) in [4.78, 5) is 11.7. The highest BCUT2D eigenvalue weighted by atomic mass is 32.2. The summed E-state index contributed by atoms with van der Waals surface area (Å²) in [5.41, 5.74) is 0.912. The third kappa shape index (κ3) is 5.29. The molecule has 3 rings (SSSR count). The van der Waals surface area contributed by atoms with E-state index in [9.17, 15) is 26.4 Å². The minimum Gasteiger partial charge on any atom is -0.455 e. The molecule has 0 aliphatic rings. The molecule has 30 heavy (non-hydrogen) atoms. The Morgan fingerprint density at radius 2 is 1.73 bits per heavy atom. The number of hydrogen-bond donors (Lipinski definition) is 1. The first-order valence-corrected chi connectivity index (χ1v) is 10.5. The zero-order chi connectivity index (χ0) is 21.9. The highest BCUT2D eigenvalue weighted by molar-refractivity contribution is 7.90. The fourth-order valence-corrected chi connectivity index (χ4v) is 3.98. The van der Waals surface area contributed by atoms with E-state index in [1.165, 1.54) is 12.1 Å². The summed E-state index contributed by atoms with van der Waals surface area (Å²) >= 11 is 0. The van der Waals surface area contributed by atoms with Crippen LogP contribution < -0.4 is 5.32 Å². The molecule has 0 saturated carbocycles. The highest BCUT2D eigenvalue weighted by Crippen LogP contribution is 2.31. The minimum atomic E-state index is -4.65. The van der Waals surface area contributed by atoms with Crippen LogP contribution in [-0.4, -0.2) is 14.3 Å². The number of hydrogen-bond acceptors (Lipinski definition) is 4. The Morgan fingerprint density at radius 3 is 2.40 bits per heavy atom. The van der Waals surface area contributed by atoms with Gasteiger partial charge < -0.3 is 9.73 Å². The van der Waals surface area contributed by atoms with E-state index in [4.69, 9.17) is 4.42 Å². The Hall–Kier alpha value is -3.07. The van der Waals surface area contributed by atoms with E-state index in [1.54, 1.807) is 0 Å². The predicted molar refractivity (Wildman–Crippen MR) is 103 cm³/mol. The molecule has 1 amide bonds. The normalized spacial score (nSPS) is 12.0. The van der Waals surface area contributed by atoms with Crippen molar-refractivity contribution < 1.29 is 30.8 Å². The van der Waals surface area contributed by atoms with Crippen molar-refractivity contribution in [2.45, 2.75) is 30.3 Å². The molecule has 0 unspecified atom stereocenters. The summed E-state index contributed by atoms with van der Waals surface area (Å²) in [7, 11) is -4.09. The Labute approximate surface area is 171 Å². The lowest BCUT2D eigenvalue weighted by molar-refractivity contribution is -0.137. The van der Waals surface area contributed by atoms with E-state index in [2.05, 4.69) is 5.32 Å². The molecule has 0 aliphatic heterocycles. The zero-order valence-corrected chi connectivity index (χ0v) is 16.7. The lowest BCUT2D eigenvalue weighted by Gasteiger charge is -2.09. The summed E-state index contributed by atoms with van der Waals surface area (Å²) in [6.45, 7) is 2.21. The van der Waals surface area contributed by atoms with Crippen molar-refractivity contribution in [1.82, 2.24) is 5.32 Å². The maximum absolute atomic E-state index is 12.8. The molecule has 1 N–H and O–H groups in total. The Balaban J connectivity index is 1.68. The molecule has 158 valence electrons. The van der Waals surface area contributed by atoms with Crippen molar-refractivity contribution >= 4 is 15.7 Å². The molecule has 2 aromatic carbocycles. The van der Waals surface area contributed by atoms with Gasteiger partial charge >= 0.3 is 6.18 Å². The zero-order valence-electron chi connectivity index (χ0n) is 15.9. The molecular formula is C21H18F3NO4S. The van der Waals surface area contributed by atoms with Gasteiger partial charge in [-0.3, -0.25) is 4.79 Å². The number of alkyl halides is 3. The first-order chi connectivity index (χ1) is 14.0. The molecule has 9 heteroatoms. The molecule has 0 radical (unpaired) electrons. The van der Waals surface area contributed by atoms with Gasteiger partial charge in [0.1, 0.15) is 11.5 Å². The van der Waals surface area contributed by atoms with Gasteiger partial charge in [-0.2, -0.15) is 13.2 Å². The van der Waals surface area contributed by atoms with Crippen molar-refractivity contribution in [3.63, 3.8) is 0 Å². The molecule has 5 nitrogen and oxygen atoms in total. The van der Waals surface area contributed by atoms with E-state index >= 15 is 0 Å². The van der Waals surface area contributed by atoms with Gasteiger partial charge in [0, 0.05) is 6.54 Å². The summed E-state index contributed by atoms with van der Waals surface area (Å²) in [6.07, 6.45) is -4.65. The number of nitrogens with one attached hydrogen (secondary N) is 1. The maximum atomic E-state index is 12.8. The van der Waals surface area contributed by atoms with Crippen LogP contribution >= 0.6 is 0 Å². The van der Waals surface area contributed by atoms with Crippen molar-refractivity contribution in [2.75, 3.05) is 0 Å². The standard InChI is InChI=1S/C21H18F3NO4S/c1-14-5-7-15(8-6-14)12-25-20(26)19-10-9-17(29-19)13-30(27,28)18-4-2-3-16(11-18)21(22,23)24/h2-11H,12-13H2,1H3,(H,25,26). The quantitative estimate of drug-likeness (QED) is 0.616. The fourth-order valence-electron chi connectivity index (χ4n) is 2.69. The van der Waals surface area contributed by atoms with Gasteiger partial charge in [-0.05, 0) is 42.8 Å². The fraction of sp³-hybridized carbons (Fsp3) is 0.190. The number of benzene rings is 2. The first-order valence-electron chi connectivity index (χ1n) is 8.87. The average Bonchev–Trinajstić information content (AvgIpc) is 3.14. The van der Waals surface area contributed by atoms with Crippen LogP contribution in [-0.2, 0) is 28.3 Å².